The van der Waals surface area contributed by atoms with Gasteiger partial charge in [0.05, 0.1) is 13.2 Å². The van der Waals surface area contributed by atoms with Crippen LogP contribution in [0.5, 0.6) is 0 Å². The molecule has 0 bridgehead atoms. The molecule has 276 valence electrons. The van der Waals surface area contributed by atoms with Gasteiger partial charge in [-0.3, -0.25) is 0 Å². The second kappa shape index (κ2) is 27.4. The molecule has 46 heavy (non-hydrogen) atoms. The maximum Gasteiger partial charge on any atom is 0.186 e. The Bertz CT molecular complexity index is 673. The van der Waals surface area contributed by atoms with Crippen molar-refractivity contribution in [1.82, 2.24) is 0 Å². The van der Waals surface area contributed by atoms with Gasteiger partial charge in [0.25, 0.3) is 0 Å². The number of hydrogen-bond acceptors (Lipinski definition) is 12. The van der Waals surface area contributed by atoms with Crippen LogP contribution in [0.1, 0.15) is 117 Å². The molecule has 2 heterocycles. The van der Waals surface area contributed by atoms with Crippen LogP contribution in [0.2, 0.25) is 0 Å². The Morgan fingerprint density at radius 3 is 1.41 bits per heavy atom. The Balaban J connectivity index is 0.000000460. The Kier molecular flexibility index (Phi) is 25.9. The fraction of sp³-hybridized carbons (Fsp3) is 1.00. The first-order chi connectivity index (χ1) is 22.3. The molecule has 10 atom stereocenters. The summed E-state index contributed by atoms with van der Waals surface area (Å²) < 4.78 is 31.9. The molecule has 4 unspecified atom stereocenters. The third kappa shape index (κ3) is 16.8. The van der Waals surface area contributed by atoms with Crippen molar-refractivity contribution < 1.29 is 59.1 Å². The maximum atomic E-state index is 10.1. The first-order valence-electron chi connectivity index (χ1n) is 17.8. The van der Waals surface area contributed by atoms with E-state index in [1.807, 2.05) is 0 Å². The molecule has 6 N–H and O–H groups in total. The summed E-state index contributed by atoms with van der Waals surface area (Å²) in [4.78, 5) is 0. The lowest BCUT2D eigenvalue weighted by Gasteiger charge is -2.41. The lowest BCUT2D eigenvalue weighted by atomic mass is 9.99. The minimum Gasteiger partial charge on any atom is -0.394 e. The van der Waals surface area contributed by atoms with E-state index in [9.17, 15) is 30.6 Å². The molecule has 0 spiro atoms. The molecular weight excluding hydrogens is 600 g/mol. The van der Waals surface area contributed by atoms with Crippen molar-refractivity contribution in [3.05, 3.63) is 0 Å². The van der Waals surface area contributed by atoms with E-state index in [2.05, 4.69) is 13.8 Å². The second-order valence-electron chi connectivity index (χ2n) is 12.6. The quantitative estimate of drug-likeness (QED) is 0.0830. The van der Waals surface area contributed by atoms with Crippen LogP contribution in [0.25, 0.3) is 0 Å². The van der Waals surface area contributed by atoms with Gasteiger partial charge in [-0.1, -0.05) is 104 Å². The zero-order valence-corrected chi connectivity index (χ0v) is 29.0. The van der Waals surface area contributed by atoms with E-state index in [0.717, 1.165) is 25.7 Å². The number of ether oxygens (including phenoxy) is 6. The lowest BCUT2D eigenvalue weighted by molar-refractivity contribution is -0.301. The van der Waals surface area contributed by atoms with Crippen LogP contribution in [0.4, 0.5) is 0 Å². The first kappa shape index (κ1) is 43.5. The zero-order chi connectivity index (χ0) is 34.2. The number of rotatable bonds is 24. The number of methoxy groups -OCH3 is 2. The topological polar surface area (TPSA) is 177 Å². The van der Waals surface area contributed by atoms with E-state index in [1.54, 1.807) is 0 Å². The van der Waals surface area contributed by atoms with Crippen molar-refractivity contribution in [2.45, 2.75) is 178 Å². The summed E-state index contributed by atoms with van der Waals surface area (Å²) >= 11 is 0. The molecule has 12 nitrogen and oxygen atoms in total. The Labute approximate surface area is 277 Å². The molecule has 0 aromatic heterocycles. The number of aliphatic hydroxyl groups is 6. The van der Waals surface area contributed by atoms with Gasteiger partial charge in [0.2, 0.25) is 0 Å². The van der Waals surface area contributed by atoms with Gasteiger partial charge in [-0.2, -0.15) is 0 Å². The monoisotopic (exact) mass is 668 g/mol. The van der Waals surface area contributed by atoms with E-state index in [1.165, 1.54) is 91.3 Å². The van der Waals surface area contributed by atoms with Gasteiger partial charge in [0.1, 0.15) is 48.8 Å². The van der Waals surface area contributed by atoms with E-state index in [0.29, 0.717) is 13.2 Å². The van der Waals surface area contributed by atoms with Crippen molar-refractivity contribution in [3.8, 4) is 0 Å². The van der Waals surface area contributed by atoms with Crippen LogP contribution in [0.15, 0.2) is 0 Å². The highest BCUT2D eigenvalue weighted by atomic mass is 16.7. The molecule has 2 rings (SSSR count). The predicted molar refractivity (Wildman–Crippen MR) is 174 cm³/mol. The molecule has 2 fully saturated rings. The highest BCUT2D eigenvalue weighted by Crippen LogP contribution is 2.25. The van der Waals surface area contributed by atoms with Crippen molar-refractivity contribution >= 4 is 0 Å². The average Bonchev–Trinajstić information content (AvgIpc) is 3.06. The lowest BCUT2D eigenvalue weighted by Crippen LogP contribution is -2.59. The van der Waals surface area contributed by atoms with Crippen LogP contribution < -0.4 is 0 Å². The van der Waals surface area contributed by atoms with Crippen LogP contribution >= 0.6 is 0 Å². The summed E-state index contributed by atoms with van der Waals surface area (Å²) in [6.45, 7) is 5.43. The molecule has 2 saturated heterocycles. The molecule has 0 aliphatic carbocycles. The summed E-state index contributed by atoms with van der Waals surface area (Å²) in [6, 6.07) is 0. The van der Waals surface area contributed by atoms with Crippen molar-refractivity contribution in [1.29, 1.82) is 0 Å². The molecule has 2 aliphatic rings. The standard InChI is InChI=1S/2C17H34O6/c1-3-4-5-6-7-8-9-10-11-22-16-13(12-18)23-17(21-2)15(20)14(16)19;1-3-4-5-6-7-8-9-10-11-22-12-13-14(18)15(19)16(20)17(21-2)23-13/h2*13-20H,3-12H2,1-2H3/t13?,14-,15?,16-,17+;13?,14-,15+,16?,17+/m11/s1. The average molecular weight is 669 g/mol. The molecule has 0 radical (unpaired) electrons. The normalized spacial score (nSPS) is 31.4. The van der Waals surface area contributed by atoms with E-state index >= 15 is 0 Å². The number of aliphatic hydroxyl groups excluding tert-OH is 6. The van der Waals surface area contributed by atoms with Crippen molar-refractivity contribution in [3.63, 3.8) is 0 Å². The molecule has 0 aromatic rings. The van der Waals surface area contributed by atoms with Gasteiger partial charge in [-0.05, 0) is 12.8 Å². The van der Waals surface area contributed by atoms with E-state index in [-0.39, 0.29) is 13.2 Å². The zero-order valence-electron chi connectivity index (χ0n) is 29.0. The third-order valence-corrected chi connectivity index (χ3v) is 8.69. The van der Waals surface area contributed by atoms with Crippen LogP contribution in [-0.2, 0) is 28.4 Å². The van der Waals surface area contributed by atoms with Gasteiger partial charge >= 0.3 is 0 Å². The summed E-state index contributed by atoms with van der Waals surface area (Å²) in [5.74, 6) is 0. The smallest absolute Gasteiger partial charge is 0.186 e. The Hall–Kier alpha value is -0.480. The maximum absolute atomic E-state index is 10.1. The predicted octanol–water partition coefficient (Wildman–Crippen LogP) is 3.20. The van der Waals surface area contributed by atoms with Crippen molar-refractivity contribution in [2.75, 3.05) is 40.6 Å². The second-order valence-corrected chi connectivity index (χ2v) is 12.6. The molecule has 12 heteroatoms. The summed E-state index contributed by atoms with van der Waals surface area (Å²) in [7, 11) is 2.77. The van der Waals surface area contributed by atoms with E-state index < -0.39 is 61.4 Å². The van der Waals surface area contributed by atoms with Crippen LogP contribution in [-0.4, -0.2) is 133 Å². The molecule has 2 aliphatic heterocycles. The van der Waals surface area contributed by atoms with Crippen LogP contribution in [0.3, 0.4) is 0 Å². The van der Waals surface area contributed by atoms with Crippen LogP contribution in [0, 0.1) is 0 Å². The first-order valence-corrected chi connectivity index (χ1v) is 17.8. The van der Waals surface area contributed by atoms with E-state index in [4.69, 9.17) is 28.4 Å². The van der Waals surface area contributed by atoms with Gasteiger partial charge in [-0.15, -0.1) is 0 Å². The van der Waals surface area contributed by atoms with Gasteiger partial charge in [0.15, 0.2) is 12.6 Å². The van der Waals surface area contributed by atoms with Gasteiger partial charge in [-0.25, -0.2) is 0 Å². The summed E-state index contributed by atoms with van der Waals surface area (Å²) in [5.41, 5.74) is 0. The molecule has 0 aromatic carbocycles. The Morgan fingerprint density at radius 2 is 0.935 bits per heavy atom. The highest BCUT2D eigenvalue weighted by Gasteiger charge is 2.45. The van der Waals surface area contributed by atoms with Crippen molar-refractivity contribution in [2.24, 2.45) is 0 Å². The summed E-state index contributed by atoms with van der Waals surface area (Å²) in [6.07, 6.45) is 9.51. The number of unbranched alkanes of at least 4 members (excludes halogenated alkanes) is 14. The molecule has 0 amide bonds. The minimum absolute atomic E-state index is 0.182. The van der Waals surface area contributed by atoms with Gasteiger partial charge < -0.3 is 59.1 Å². The number of hydrogen-bond donors (Lipinski definition) is 6. The van der Waals surface area contributed by atoms with Gasteiger partial charge in [0, 0.05) is 27.4 Å². The fourth-order valence-electron chi connectivity index (χ4n) is 5.70. The minimum atomic E-state index is -1.29. The third-order valence-electron chi connectivity index (χ3n) is 8.69. The largest absolute Gasteiger partial charge is 0.394 e. The highest BCUT2D eigenvalue weighted by molar-refractivity contribution is 4.90. The molecular formula is C34H68O12. The summed E-state index contributed by atoms with van der Waals surface area (Å²) in [5, 5.41) is 58.7. The Morgan fingerprint density at radius 1 is 0.500 bits per heavy atom. The molecule has 0 saturated carbocycles. The fourth-order valence-corrected chi connectivity index (χ4v) is 5.70. The SMILES string of the molecule is CCCCCCCCCCOCC1O[C@H](OC)C(O)[C@@H](O)[C@@H]1O.CCCCCCCCCCO[C@@H]1C(CO)O[C@H](OC)C(O)[C@H]1O.